The minimum atomic E-state index is 0.401. The van der Waals surface area contributed by atoms with Crippen molar-refractivity contribution in [3.8, 4) is 5.75 Å². The molecular weight excluding hydrogens is 222 g/mol. The molecule has 3 heteroatoms. The summed E-state index contributed by atoms with van der Waals surface area (Å²) < 4.78 is 5.98. The molecule has 1 heterocycles. The Morgan fingerprint density at radius 1 is 1.06 bits per heavy atom. The normalized spacial score (nSPS) is 32.7. The van der Waals surface area contributed by atoms with E-state index in [1.807, 2.05) is 24.3 Å². The number of halogens is 1. The zero-order valence-electron chi connectivity index (χ0n) is 9.16. The topological polar surface area (TPSA) is 21.3 Å². The lowest BCUT2D eigenvalue weighted by Gasteiger charge is -2.14. The second kappa shape index (κ2) is 4.27. The van der Waals surface area contributed by atoms with Gasteiger partial charge < -0.3 is 10.1 Å². The maximum absolute atomic E-state index is 5.98. The Labute approximate surface area is 101 Å². The highest BCUT2D eigenvalue weighted by Crippen LogP contribution is 2.36. The number of benzene rings is 1. The van der Waals surface area contributed by atoms with Crippen molar-refractivity contribution in [2.75, 3.05) is 13.1 Å². The molecule has 0 radical (unpaired) electrons. The fourth-order valence-corrected chi connectivity index (χ4v) is 3.04. The summed E-state index contributed by atoms with van der Waals surface area (Å²) in [6.07, 6.45) is 2.79. The lowest BCUT2D eigenvalue weighted by Crippen LogP contribution is -2.18. The minimum absolute atomic E-state index is 0.401. The number of fused-ring (bicyclic) bond motifs is 1. The lowest BCUT2D eigenvalue weighted by molar-refractivity contribution is 0.199. The van der Waals surface area contributed by atoms with Crippen LogP contribution < -0.4 is 10.1 Å². The van der Waals surface area contributed by atoms with Crippen LogP contribution in [0.25, 0.3) is 0 Å². The SMILES string of the molecule is Clc1ccc(OC2CC3CNCC3C2)cc1. The molecule has 1 aliphatic heterocycles. The van der Waals surface area contributed by atoms with Gasteiger partial charge in [0, 0.05) is 5.02 Å². The van der Waals surface area contributed by atoms with Gasteiger partial charge in [-0.3, -0.25) is 0 Å². The predicted molar refractivity (Wildman–Crippen MR) is 65.0 cm³/mol. The first-order valence-electron chi connectivity index (χ1n) is 5.94. The average molecular weight is 238 g/mol. The second-order valence-electron chi connectivity index (χ2n) is 4.84. The molecule has 1 aromatic carbocycles. The van der Waals surface area contributed by atoms with Gasteiger partial charge in [0.15, 0.2) is 0 Å². The van der Waals surface area contributed by atoms with Gasteiger partial charge in [-0.15, -0.1) is 0 Å². The highest BCUT2D eigenvalue weighted by Gasteiger charge is 2.38. The highest BCUT2D eigenvalue weighted by atomic mass is 35.5. The van der Waals surface area contributed by atoms with Crippen LogP contribution in [0, 0.1) is 11.8 Å². The molecule has 1 aromatic rings. The van der Waals surface area contributed by atoms with Crippen LogP contribution in [0.3, 0.4) is 0 Å². The van der Waals surface area contributed by atoms with E-state index in [9.17, 15) is 0 Å². The Kier molecular flexibility index (Phi) is 2.78. The molecule has 2 atom stereocenters. The third kappa shape index (κ3) is 2.04. The van der Waals surface area contributed by atoms with E-state index >= 15 is 0 Å². The standard InChI is InChI=1S/C13H16ClNO/c14-11-1-3-12(4-2-11)16-13-5-9-7-15-8-10(9)6-13/h1-4,9-10,13,15H,5-8H2. The number of hydrogen-bond donors (Lipinski definition) is 1. The Morgan fingerprint density at radius 2 is 1.69 bits per heavy atom. The van der Waals surface area contributed by atoms with Crippen LogP contribution in [-0.4, -0.2) is 19.2 Å². The van der Waals surface area contributed by atoms with Crippen molar-refractivity contribution >= 4 is 11.6 Å². The predicted octanol–water partition coefficient (Wildman–Crippen LogP) is 2.72. The van der Waals surface area contributed by atoms with E-state index in [4.69, 9.17) is 16.3 Å². The molecule has 1 aliphatic carbocycles. The zero-order valence-corrected chi connectivity index (χ0v) is 9.91. The summed E-state index contributed by atoms with van der Waals surface area (Å²) in [6.45, 7) is 2.34. The minimum Gasteiger partial charge on any atom is -0.490 e. The Balaban J connectivity index is 1.62. The van der Waals surface area contributed by atoms with Crippen molar-refractivity contribution in [2.45, 2.75) is 18.9 Å². The first-order chi connectivity index (χ1) is 7.81. The number of ether oxygens (including phenoxy) is 1. The van der Waals surface area contributed by atoms with Crippen molar-refractivity contribution in [3.05, 3.63) is 29.3 Å². The van der Waals surface area contributed by atoms with E-state index in [1.165, 1.54) is 25.9 Å². The summed E-state index contributed by atoms with van der Waals surface area (Å²) in [4.78, 5) is 0. The quantitative estimate of drug-likeness (QED) is 0.854. The van der Waals surface area contributed by atoms with E-state index in [-0.39, 0.29) is 0 Å². The Hall–Kier alpha value is -0.730. The fraction of sp³-hybridized carbons (Fsp3) is 0.538. The lowest BCUT2D eigenvalue weighted by atomic mass is 10.0. The van der Waals surface area contributed by atoms with Crippen LogP contribution in [0.5, 0.6) is 5.75 Å². The summed E-state index contributed by atoms with van der Waals surface area (Å²) in [6, 6.07) is 7.67. The Morgan fingerprint density at radius 3 is 2.31 bits per heavy atom. The van der Waals surface area contributed by atoms with Gasteiger partial charge in [-0.2, -0.15) is 0 Å². The van der Waals surface area contributed by atoms with E-state index < -0.39 is 0 Å². The average Bonchev–Trinajstić information content (AvgIpc) is 2.81. The molecule has 86 valence electrons. The summed E-state index contributed by atoms with van der Waals surface area (Å²) in [5, 5.41) is 4.21. The molecular formula is C13H16ClNO. The molecule has 2 nitrogen and oxygen atoms in total. The third-order valence-electron chi connectivity index (χ3n) is 3.73. The second-order valence-corrected chi connectivity index (χ2v) is 5.28. The van der Waals surface area contributed by atoms with Crippen LogP contribution in [0.1, 0.15) is 12.8 Å². The molecule has 1 saturated carbocycles. The van der Waals surface area contributed by atoms with E-state index in [0.717, 1.165) is 22.6 Å². The molecule has 0 amide bonds. The molecule has 2 aliphatic rings. The van der Waals surface area contributed by atoms with Gasteiger partial charge in [0.2, 0.25) is 0 Å². The molecule has 1 saturated heterocycles. The van der Waals surface area contributed by atoms with Gasteiger partial charge in [0.25, 0.3) is 0 Å². The summed E-state index contributed by atoms with van der Waals surface area (Å²) in [7, 11) is 0. The molecule has 2 fully saturated rings. The van der Waals surface area contributed by atoms with Crippen LogP contribution in [0.15, 0.2) is 24.3 Å². The third-order valence-corrected chi connectivity index (χ3v) is 3.98. The molecule has 0 bridgehead atoms. The van der Waals surface area contributed by atoms with E-state index in [2.05, 4.69) is 5.32 Å². The van der Waals surface area contributed by atoms with Crippen molar-refractivity contribution in [3.63, 3.8) is 0 Å². The van der Waals surface area contributed by atoms with Crippen molar-refractivity contribution in [2.24, 2.45) is 11.8 Å². The van der Waals surface area contributed by atoms with Crippen LogP contribution in [0.4, 0.5) is 0 Å². The number of rotatable bonds is 2. The maximum Gasteiger partial charge on any atom is 0.119 e. The summed E-state index contributed by atoms with van der Waals surface area (Å²) >= 11 is 5.84. The van der Waals surface area contributed by atoms with Crippen LogP contribution >= 0.6 is 11.6 Å². The fourth-order valence-electron chi connectivity index (χ4n) is 2.91. The van der Waals surface area contributed by atoms with Gasteiger partial charge >= 0.3 is 0 Å². The van der Waals surface area contributed by atoms with E-state index in [0.29, 0.717) is 6.10 Å². The summed E-state index contributed by atoms with van der Waals surface area (Å²) in [5.74, 6) is 2.61. The first kappa shape index (κ1) is 10.4. The van der Waals surface area contributed by atoms with E-state index in [1.54, 1.807) is 0 Å². The summed E-state index contributed by atoms with van der Waals surface area (Å²) in [5.41, 5.74) is 0. The monoisotopic (exact) mass is 237 g/mol. The molecule has 1 N–H and O–H groups in total. The smallest absolute Gasteiger partial charge is 0.119 e. The molecule has 16 heavy (non-hydrogen) atoms. The number of hydrogen-bond acceptors (Lipinski definition) is 2. The van der Waals surface area contributed by atoms with Gasteiger partial charge in [0.1, 0.15) is 5.75 Å². The van der Waals surface area contributed by atoms with Crippen LogP contribution in [0.2, 0.25) is 5.02 Å². The molecule has 0 aromatic heterocycles. The van der Waals surface area contributed by atoms with Crippen LogP contribution in [-0.2, 0) is 0 Å². The Bertz CT molecular complexity index is 353. The molecule has 2 unspecified atom stereocenters. The van der Waals surface area contributed by atoms with Crippen molar-refractivity contribution in [1.29, 1.82) is 0 Å². The molecule has 0 spiro atoms. The highest BCUT2D eigenvalue weighted by molar-refractivity contribution is 6.30. The largest absolute Gasteiger partial charge is 0.490 e. The van der Waals surface area contributed by atoms with Gasteiger partial charge in [0.05, 0.1) is 6.10 Å². The zero-order chi connectivity index (χ0) is 11.0. The number of nitrogens with one attached hydrogen (secondary N) is 1. The van der Waals surface area contributed by atoms with Gasteiger partial charge in [-0.1, -0.05) is 11.6 Å². The maximum atomic E-state index is 5.98. The van der Waals surface area contributed by atoms with Gasteiger partial charge in [-0.05, 0) is 62.0 Å². The van der Waals surface area contributed by atoms with Gasteiger partial charge in [-0.25, -0.2) is 0 Å². The first-order valence-corrected chi connectivity index (χ1v) is 6.32. The van der Waals surface area contributed by atoms with Crippen molar-refractivity contribution < 1.29 is 4.74 Å². The van der Waals surface area contributed by atoms with Crippen molar-refractivity contribution in [1.82, 2.24) is 5.32 Å². The molecule has 3 rings (SSSR count).